The Labute approximate surface area is 109 Å². The van der Waals surface area contributed by atoms with Gasteiger partial charge in [0.15, 0.2) is 0 Å². The molecule has 0 bridgehead atoms. The first kappa shape index (κ1) is 14.7. The molecule has 0 spiro atoms. The maximum Gasteiger partial charge on any atom is 0.226 e. The highest BCUT2D eigenvalue weighted by Gasteiger charge is 2.35. The summed E-state index contributed by atoms with van der Waals surface area (Å²) in [4.78, 5) is 12.2. The van der Waals surface area contributed by atoms with Crippen molar-refractivity contribution >= 4 is 18.3 Å². The van der Waals surface area contributed by atoms with E-state index in [1.165, 1.54) is 0 Å². The van der Waals surface area contributed by atoms with Crippen LogP contribution in [0.2, 0.25) is 0 Å². The van der Waals surface area contributed by atoms with E-state index in [9.17, 15) is 4.79 Å². The Morgan fingerprint density at radius 1 is 1.29 bits per heavy atom. The van der Waals surface area contributed by atoms with Crippen LogP contribution in [0.1, 0.15) is 32.6 Å². The topological polar surface area (TPSA) is 50.4 Å². The van der Waals surface area contributed by atoms with Crippen molar-refractivity contribution in [1.82, 2.24) is 10.6 Å². The first-order valence-corrected chi connectivity index (χ1v) is 6.30. The summed E-state index contributed by atoms with van der Waals surface area (Å²) in [5.41, 5.74) is -0.163. The molecule has 2 fully saturated rings. The maximum atomic E-state index is 12.2. The van der Waals surface area contributed by atoms with Crippen molar-refractivity contribution in [3.05, 3.63) is 0 Å². The molecule has 0 atom stereocenters. The Balaban J connectivity index is 0.00000144. The molecule has 2 N–H and O–H groups in total. The summed E-state index contributed by atoms with van der Waals surface area (Å²) in [6.07, 6.45) is 3.81. The van der Waals surface area contributed by atoms with Crippen molar-refractivity contribution in [2.75, 3.05) is 26.3 Å². The van der Waals surface area contributed by atoms with Gasteiger partial charge in [-0.1, -0.05) is 6.92 Å². The number of hydrogen-bond donors (Lipinski definition) is 2. The fourth-order valence-corrected chi connectivity index (χ4v) is 2.41. The first-order chi connectivity index (χ1) is 7.71. The molecule has 2 aliphatic rings. The number of rotatable bonds is 2. The quantitative estimate of drug-likeness (QED) is 0.783. The molecule has 17 heavy (non-hydrogen) atoms. The van der Waals surface area contributed by atoms with Crippen LogP contribution < -0.4 is 10.6 Å². The molecule has 5 heteroatoms. The van der Waals surface area contributed by atoms with E-state index in [0.29, 0.717) is 6.04 Å². The van der Waals surface area contributed by atoms with Crippen molar-refractivity contribution in [2.45, 2.75) is 38.6 Å². The summed E-state index contributed by atoms with van der Waals surface area (Å²) in [7, 11) is 0. The van der Waals surface area contributed by atoms with E-state index in [1.807, 2.05) is 0 Å². The van der Waals surface area contributed by atoms with Gasteiger partial charge in [0.05, 0.1) is 0 Å². The average molecular weight is 263 g/mol. The number of nitrogens with one attached hydrogen (secondary N) is 2. The van der Waals surface area contributed by atoms with Crippen LogP contribution >= 0.6 is 12.4 Å². The van der Waals surface area contributed by atoms with Crippen LogP contribution in [-0.2, 0) is 9.53 Å². The number of piperidine rings is 1. The Morgan fingerprint density at radius 3 is 2.47 bits per heavy atom. The van der Waals surface area contributed by atoms with E-state index in [0.717, 1.165) is 52.0 Å². The monoisotopic (exact) mass is 262 g/mol. The third kappa shape index (κ3) is 3.83. The minimum atomic E-state index is -0.163. The Bertz CT molecular complexity index is 249. The molecule has 2 heterocycles. The summed E-state index contributed by atoms with van der Waals surface area (Å²) in [5, 5.41) is 6.48. The fraction of sp³-hybridized carbons (Fsp3) is 0.917. The van der Waals surface area contributed by atoms with E-state index < -0.39 is 0 Å². The number of amides is 1. The van der Waals surface area contributed by atoms with Gasteiger partial charge in [0, 0.05) is 24.7 Å². The van der Waals surface area contributed by atoms with Crippen LogP contribution in [0.3, 0.4) is 0 Å². The molecule has 1 amide bonds. The number of ether oxygens (including phenoxy) is 1. The van der Waals surface area contributed by atoms with Crippen molar-refractivity contribution < 1.29 is 9.53 Å². The number of carbonyl (C=O) groups excluding carboxylic acids is 1. The molecular formula is C12H23ClN2O2. The normalized spacial score (nSPS) is 24.8. The lowest BCUT2D eigenvalue weighted by Crippen LogP contribution is -2.49. The summed E-state index contributed by atoms with van der Waals surface area (Å²) in [5.74, 6) is 0.237. The van der Waals surface area contributed by atoms with E-state index in [1.54, 1.807) is 0 Å². The molecule has 0 aromatic carbocycles. The maximum absolute atomic E-state index is 12.2. The highest BCUT2D eigenvalue weighted by Crippen LogP contribution is 2.28. The van der Waals surface area contributed by atoms with Gasteiger partial charge in [0.2, 0.25) is 5.91 Å². The second-order valence-electron chi connectivity index (χ2n) is 5.17. The second kappa shape index (κ2) is 6.57. The molecule has 0 aromatic heterocycles. The largest absolute Gasteiger partial charge is 0.381 e. The molecule has 0 aromatic rings. The second-order valence-corrected chi connectivity index (χ2v) is 5.17. The van der Waals surface area contributed by atoms with Gasteiger partial charge in [-0.15, -0.1) is 12.4 Å². The van der Waals surface area contributed by atoms with Gasteiger partial charge < -0.3 is 15.4 Å². The van der Waals surface area contributed by atoms with Crippen molar-refractivity contribution in [3.8, 4) is 0 Å². The fourth-order valence-electron chi connectivity index (χ4n) is 2.41. The SMILES string of the molecule is CC1(C(=O)NC2CCOCC2)CCNCC1.Cl. The van der Waals surface area contributed by atoms with Gasteiger partial charge in [-0.3, -0.25) is 4.79 Å². The van der Waals surface area contributed by atoms with E-state index in [4.69, 9.17) is 4.74 Å². The standard InChI is InChI=1S/C12H22N2O2.ClH/c1-12(4-6-13-7-5-12)11(15)14-10-2-8-16-9-3-10;/h10,13H,2-9H2,1H3,(H,14,15);1H. The van der Waals surface area contributed by atoms with Crippen LogP contribution in [0.25, 0.3) is 0 Å². The van der Waals surface area contributed by atoms with Crippen molar-refractivity contribution in [2.24, 2.45) is 5.41 Å². The summed E-state index contributed by atoms with van der Waals surface area (Å²) < 4.78 is 5.29. The van der Waals surface area contributed by atoms with Crippen molar-refractivity contribution in [3.63, 3.8) is 0 Å². The zero-order valence-corrected chi connectivity index (χ0v) is 11.3. The van der Waals surface area contributed by atoms with Crippen LogP contribution in [0.4, 0.5) is 0 Å². The molecule has 2 rings (SSSR count). The molecule has 0 saturated carbocycles. The summed E-state index contributed by atoms with van der Waals surface area (Å²) >= 11 is 0. The van der Waals surface area contributed by atoms with E-state index in [-0.39, 0.29) is 23.7 Å². The molecule has 0 radical (unpaired) electrons. The van der Waals surface area contributed by atoms with Crippen LogP contribution in [0.5, 0.6) is 0 Å². The number of carbonyl (C=O) groups is 1. The van der Waals surface area contributed by atoms with Gasteiger partial charge in [-0.25, -0.2) is 0 Å². The Hall–Kier alpha value is -0.320. The third-order valence-electron chi connectivity index (χ3n) is 3.81. The van der Waals surface area contributed by atoms with E-state index >= 15 is 0 Å². The van der Waals surface area contributed by atoms with Gasteiger partial charge in [-0.05, 0) is 38.8 Å². The summed E-state index contributed by atoms with van der Waals surface area (Å²) in [6.45, 7) is 5.56. The third-order valence-corrected chi connectivity index (χ3v) is 3.81. The minimum Gasteiger partial charge on any atom is -0.381 e. The molecule has 4 nitrogen and oxygen atoms in total. The molecule has 0 unspecified atom stereocenters. The zero-order chi connectivity index (χ0) is 11.4. The molecule has 0 aliphatic carbocycles. The minimum absolute atomic E-state index is 0. The zero-order valence-electron chi connectivity index (χ0n) is 10.5. The lowest BCUT2D eigenvalue weighted by molar-refractivity contribution is -0.132. The lowest BCUT2D eigenvalue weighted by atomic mass is 9.80. The lowest BCUT2D eigenvalue weighted by Gasteiger charge is -2.35. The first-order valence-electron chi connectivity index (χ1n) is 6.30. The van der Waals surface area contributed by atoms with Crippen LogP contribution in [0, 0.1) is 5.41 Å². The molecule has 2 aliphatic heterocycles. The predicted octanol–water partition coefficient (Wildman–Crippen LogP) is 1.09. The summed E-state index contributed by atoms with van der Waals surface area (Å²) in [6, 6.07) is 0.327. The van der Waals surface area contributed by atoms with Crippen molar-refractivity contribution in [1.29, 1.82) is 0 Å². The average Bonchev–Trinajstić information content (AvgIpc) is 2.31. The van der Waals surface area contributed by atoms with Gasteiger partial charge in [0.25, 0.3) is 0 Å². The molecular weight excluding hydrogens is 240 g/mol. The highest BCUT2D eigenvalue weighted by molar-refractivity contribution is 5.85. The molecule has 100 valence electrons. The number of hydrogen-bond acceptors (Lipinski definition) is 3. The Morgan fingerprint density at radius 2 is 1.88 bits per heavy atom. The predicted molar refractivity (Wildman–Crippen MR) is 69.4 cm³/mol. The molecule has 2 saturated heterocycles. The van der Waals surface area contributed by atoms with E-state index in [2.05, 4.69) is 17.6 Å². The van der Waals surface area contributed by atoms with Crippen LogP contribution in [0.15, 0.2) is 0 Å². The van der Waals surface area contributed by atoms with Gasteiger partial charge in [-0.2, -0.15) is 0 Å². The van der Waals surface area contributed by atoms with Crippen LogP contribution in [-0.4, -0.2) is 38.3 Å². The van der Waals surface area contributed by atoms with Gasteiger partial charge in [0.1, 0.15) is 0 Å². The Kier molecular flexibility index (Phi) is 5.70. The van der Waals surface area contributed by atoms with Gasteiger partial charge >= 0.3 is 0 Å². The smallest absolute Gasteiger partial charge is 0.226 e. The number of halogens is 1. The highest BCUT2D eigenvalue weighted by atomic mass is 35.5.